The van der Waals surface area contributed by atoms with Gasteiger partial charge in [-0.2, -0.15) is 0 Å². The Labute approximate surface area is 128 Å². The smallest absolute Gasteiger partial charge is 0.119 e. The summed E-state index contributed by atoms with van der Waals surface area (Å²) in [6.45, 7) is 6.21. The molecule has 0 aliphatic heterocycles. The molecule has 0 saturated heterocycles. The Kier molecular flexibility index (Phi) is 4.81. The fourth-order valence-corrected chi connectivity index (χ4v) is 2.92. The molecule has 21 heavy (non-hydrogen) atoms. The lowest BCUT2D eigenvalue weighted by Gasteiger charge is -2.26. The molecule has 1 atom stereocenters. The third-order valence-corrected chi connectivity index (χ3v) is 4.50. The number of nitrogens with zero attached hydrogens (tertiary/aromatic N) is 1. The minimum absolute atomic E-state index is 0.109. The van der Waals surface area contributed by atoms with E-state index in [0.717, 1.165) is 24.1 Å². The molecule has 3 heteroatoms. The summed E-state index contributed by atoms with van der Waals surface area (Å²) in [5.41, 5.74) is 7.65. The summed E-state index contributed by atoms with van der Waals surface area (Å²) < 4.78 is 5.49. The van der Waals surface area contributed by atoms with Crippen molar-refractivity contribution in [3.05, 3.63) is 29.8 Å². The molecule has 2 aliphatic carbocycles. The van der Waals surface area contributed by atoms with Crippen LogP contribution in [0.25, 0.3) is 0 Å². The molecule has 1 unspecified atom stereocenters. The minimum atomic E-state index is 0.109. The highest BCUT2D eigenvalue weighted by Crippen LogP contribution is 2.34. The van der Waals surface area contributed by atoms with Gasteiger partial charge in [-0.3, -0.25) is 0 Å². The van der Waals surface area contributed by atoms with E-state index in [1.807, 2.05) is 19.1 Å². The van der Waals surface area contributed by atoms with E-state index in [-0.39, 0.29) is 6.04 Å². The first kappa shape index (κ1) is 14.9. The summed E-state index contributed by atoms with van der Waals surface area (Å²) in [6.07, 6.45) is 5.66. The molecule has 2 saturated carbocycles. The lowest BCUT2D eigenvalue weighted by Crippen LogP contribution is -2.35. The largest absolute Gasteiger partial charge is 0.494 e. The Balaban J connectivity index is 1.55. The van der Waals surface area contributed by atoms with Crippen molar-refractivity contribution in [1.29, 1.82) is 0 Å². The van der Waals surface area contributed by atoms with Crippen LogP contribution in [0.15, 0.2) is 24.3 Å². The molecule has 2 aliphatic rings. The van der Waals surface area contributed by atoms with E-state index in [2.05, 4.69) is 17.0 Å². The molecule has 0 amide bonds. The first-order chi connectivity index (χ1) is 10.2. The fraction of sp³-hybridized carbons (Fsp3) is 0.667. The summed E-state index contributed by atoms with van der Waals surface area (Å²) in [5, 5.41) is 0. The van der Waals surface area contributed by atoms with Crippen LogP contribution in [-0.4, -0.2) is 31.1 Å². The molecular weight excluding hydrogens is 260 g/mol. The van der Waals surface area contributed by atoms with Crippen LogP contribution in [0.3, 0.4) is 0 Å². The van der Waals surface area contributed by atoms with E-state index in [9.17, 15) is 0 Å². The number of nitrogens with two attached hydrogens (primary N) is 1. The van der Waals surface area contributed by atoms with E-state index in [1.54, 1.807) is 0 Å². The van der Waals surface area contributed by atoms with Crippen molar-refractivity contribution in [1.82, 2.24) is 4.90 Å². The molecular formula is C18H28N2O. The van der Waals surface area contributed by atoms with Gasteiger partial charge in [0.15, 0.2) is 0 Å². The molecule has 1 aromatic carbocycles. The molecule has 3 nitrogen and oxygen atoms in total. The van der Waals surface area contributed by atoms with E-state index >= 15 is 0 Å². The Morgan fingerprint density at radius 2 is 1.67 bits per heavy atom. The molecule has 0 aromatic heterocycles. The second kappa shape index (κ2) is 6.80. The highest BCUT2D eigenvalue weighted by atomic mass is 16.5. The second-order valence-electron chi connectivity index (χ2n) is 6.71. The summed E-state index contributed by atoms with van der Waals surface area (Å²) >= 11 is 0. The van der Waals surface area contributed by atoms with E-state index < -0.39 is 0 Å². The molecule has 2 N–H and O–H groups in total. The number of benzene rings is 1. The predicted octanol–water partition coefficient (Wildman–Crippen LogP) is 3.21. The lowest BCUT2D eigenvalue weighted by molar-refractivity contribution is 0.238. The van der Waals surface area contributed by atoms with Crippen molar-refractivity contribution in [3.8, 4) is 5.75 Å². The van der Waals surface area contributed by atoms with Gasteiger partial charge in [0.25, 0.3) is 0 Å². The Morgan fingerprint density at radius 3 is 2.14 bits per heavy atom. The first-order valence-corrected chi connectivity index (χ1v) is 8.45. The van der Waals surface area contributed by atoms with Crippen LogP contribution < -0.4 is 10.5 Å². The average molecular weight is 288 g/mol. The molecule has 1 aromatic rings. The van der Waals surface area contributed by atoms with E-state index in [0.29, 0.717) is 6.61 Å². The molecule has 3 rings (SSSR count). The SMILES string of the molecule is CCOc1ccc(C(N)CN(CC2CC2)CC2CC2)cc1. The number of hydrogen-bond donors (Lipinski definition) is 1. The Morgan fingerprint density at radius 1 is 1.10 bits per heavy atom. The minimum Gasteiger partial charge on any atom is -0.494 e. The van der Waals surface area contributed by atoms with Crippen molar-refractivity contribution in [2.24, 2.45) is 17.6 Å². The molecule has 0 radical (unpaired) electrons. The molecule has 116 valence electrons. The van der Waals surface area contributed by atoms with Gasteiger partial charge in [0, 0.05) is 25.7 Å². The van der Waals surface area contributed by atoms with Crippen LogP contribution in [0.5, 0.6) is 5.75 Å². The van der Waals surface area contributed by atoms with Crippen molar-refractivity contribution in [2.45, 2.75) is 38.6 Å². The summed E-state index contributed by atoms with van der Waals surface area (Å²) in [6, 6.07) is 8.40. The third-order valence-electron chi connectivity index (χ3n) is 4.50. The van der Waals surface area contributed by atoms with Crippen LogP contribution in [-0.2, 0) is 0 Å². The number of rotatable bonds is 9. The van der Waals surface area contributed by atoms with Gasteiger partial charge < -0.3 is 15.4 Å². The van der Waals surface area contributed by atoms with Gasteiger partial charge in [-0.05, 0) is 62.1 Å². The molecule has 2 fully saturated rings. The zero-order chi connectivity index (χ0) is 14.7. The van der Waals surface area contributed by atoms with Crippen LogP contribution in [0.1, 0.15) is 44.2 Å². The maximum atomic E-state index is 6.43. The van der Waals surface area contributed by atoms with Gasteiger partial charge in [-0.25, -0.2) is 0 Å². The second-order valence-corrected chi connectivity index (χ2v) is 6.71. The van der Waals surface area contributed by atoms with E-state index in [1.165, 1.54) is 44.3 Å². The summed E-state index contributed by atoms with van der Waals surface area (Å²) in [7, 11) is 0. The van der Waals surface area contributed by atoms with Crippen LogP contribution in [0.4, 0.5) is 0 Å². The van der Waals surface area contributed by atoms with Gasteiger partial charge in [-0.1, -0.05) is 12.1 Å². The van der Waals surface area contributed by atoms with Crippen molar-refractivity contribution >= 4 is 0 Å². The van der Waals surface area contributed by atoms with Crippen molar-refractivity contribution < 1.29 is 4.74 Å². The van der Waals surface area contributed by atoms with Gasteiger partial charge in [-0.15, -0.1) is 0 Å². The Hall–Kier alpha value is -1.06. The molecule has 0 bridgehead atoms. The monoisotopic (exact) mass is 288 g/mol. The lowest BCUT2D eigenvalue weighted by atomic mass is 10.1. The maximum absolute atomic E-state index is 6.43. The number of hydrogen-bond acceptors (Lipinski definition) is 3. The highest BCUT2D eigenvalue weighted by Gasteiger charge is 2.29. The van der Waals surface area contributed by atoms with Gasteiger partial charge in [0.1, 0.15) is 5.75 Å². The quantitative estimate of drug-likeness (QED) is 0.758. The van der Waals surface area contributed by atoms with Gasteiger partial charge in [0.05, 0.1) is 6.61 Å². The highest BCUT2D eigenvalue weighted by molar-refractivity contribution is 5.29. The normalized spacial score (nSPS) is 19.8. The summed E-state index contributed by atoms with van der Waals surface area (Å²) in [4.78, 5) is 2.61. The van der Waals surface area contributed by atoms with Crippen LogP contribution in [0.2, 0.25) is 0 Å². The maximum Gasteiger partial charge on any atom is 0.119 e. The topological polar surface area (TPSA) is 38.5 Å². The van der Waals surface area contributed by atoms with Gasteiger partial charge in [0.2, 0.25) is 0 Å². The van der Waals surface area contributed by atoms with Crippen molar-refractivity contribution in [3.63, 3.8) is 0 Å². The zero-order valence-corrected chi connectivity index (χ0v) is 13.1. The van der Waals surface area contributed by atoms with Crippen LogP contribution >= 0.6 is 0 Å². The van der Waals surface area contributed by atoms with Crippen LogP contribution in [0, 0.1) is 11.8 Å². The molecule has 0 heterocycles. The zero-order valence-electron chi connectivity index (χ0n) is 13.1. The number of ether oxygens (including phenoxy) is 1. The Bertz CT molecular complexity index is 423. The fourth-order valence-electron chi connectivity index (χ4n) is 2.92. The predicted molar refractivity (Wildman–Crippen MR) is 86.4 cm³/mol. The van der Waals surface area contributed by atoms with Gasteiger partial charge >= 0.3 is 0 Å². The van der Waals surface area contributed by atoms with E-state index in [4.69, 9.17) is 10.5 Å². The third kappa shape index (κ3) is 4.72. The molecule has 0 spiro atoms. The average Bonchev–Trinajstić information content (AvgIpc) is 3.36. The first-order valence-electron chi connectivity index (χ1n) is 8.45. The standard InChI is InChI=1S/C18H28N2O/c1-2-21-17-9-7-16(8-10-17)18(19)13-20(11-14-3-4-14)12-15-5-6-15/h7-10,14-15,18H,2-6,11-13,19H2,1H3. The summed E-state index contributed by atoms with van der Waals surface area (Å²) in [5.74, 6) is 2.81. The van der Waals surface area contributed by atoms with Crippen molar-refractivity contribution in [2.75, 3.05) is 26.2 Å².